The first kappa shape index (κ1) is 8.60. The minimum Gasteiger partial charge on any atom is -0.506 e. The van der Waals surface area contributed by atoms with E-state index in [1.54, 1.807) is 18.2 Å². The predicted molar refractivity (Wildman–Crippen MR) is 53.4 cm³/mol. The van der Waals surface area contributed by atoms with E-state index in [4.69, 9.17) is 23.2 Å². The van der Waals surface area contributed by atoms with E-state index in [1.165, 1.54) is 6.20 Å². The third-order valence-corrected chi connectivity index (χ3v) is 2.43. The molecule has 66 valence electrons. The molecule has 2 aromatic rings. The van der Waals surface area contributed by atoms with E-state index >= 15 is 0 Å². The van der Waals surface area contributed by atoms with Gasteiger partial charge in [-0.25, -0.2) is 4.98 Å². The molecule has 2 nitrogen and oxygen atoms in total. The molecule has 0 aliphatic rings. The van der Waals surface area contributed by atoms with Crippen molar-refractivity contribution in [2.75, 3.05) is 0 Å². The lowest BCUT2D eigenvalue weighted by atomic mass is 10.1. The third-order valence-electron chi connectivity index (χ3n) is 1.82. The molecular weight excluding hydrogens is 209 g/mol. The van der Waals surface area contributed by atoms with Crippen LogP contribution in [0.15, 0.2) is 24.4 Å². The van der Waals surface area contributed by atoms with Crippen molar-refractivity contribution in [3.05, 3.63) is 34.6 Å². The number of halogens is 2. The monoisotopic (exact) mass is 213 g/mol. The van der Waals surface area contributed by atoms with Crippen LogP contribution in [0.3, 0.4) is 0 Å². The Morgan fingerprint density at radius 3 is 2.62 bits per heavy atom. The van der Waals surface area contributed by atoms with Crippen molar-refractivity contribution < 1.29 is 5.11 Å². The molecule has 2 rings (SSSR count). The molecule has 1 heterocycles. The molecule has 0 unspecified atom stereocenters. The van der Waals surface area contributed by atoms with Gasteiger partial charge in [0.1, 0.15) is 10.9 Å². The Hall–Kier alpha value is -0.990. The summed E-state index contributed by atoms with van der Waals surface area (Å²) in [6.07, 6.45) is 1.53. The van der Waals surface area contributed by atoms with Crippen molar-refractivity contribution in [2.24, 2.45) is 0 Å². The number of fused-ring (bicyclic) bond motifs is 1. The van der Waals surface area contributed by atoms with Gasteiger partial charge in [-0.1, -0.05) is 23.2 Å². The second kappa shape index (κ2) is 3.05. The van der Waals surface area contributed by atoms with Gasteiger partial charge in [-0.15, -0.1) is 0 Å². The van der Waals surface area contributed by atoms with Crippen LogP contribution in [0.2, 0.25) is 10.2 Å². The molecule has 1 aromatic heterocycles. The maximum absolute atomic E-state index is 9.56. The minimum absolute atomic E-state index is 0.0449. The van der Waals surface area contributed by atoms with Crippen molar-refractivity contribution in [3.8, 4) is 5.75 Å². The number of phenolic OH excluding ortho intramolecular Hbond substituents is 1. The zero-order valence-electron chi connectivity index (χ0n) is 6.46. The summed E-state index contributed by atoms with van der Waals surface area (Å²) in [7, 11) is 0. The van der Waals surface area contributed by atoms with Crippen molar-refractivity contribution in [1.82, 2.24) is 4.98 Å². The Kier molecular flexibility index (Phi) is 2.02. The molecule has 0 saturated carbocycles. The lowest BCUT2D eigenvalue weighted by Crippen LogP contribution is -1.79. The van der Waals surface area contributed by atoms with Crippen LogP contribution in [0.5, 0.6) is 5.75 Å². The molecule has 1 aromatic carbocycles. The van der Waals surface area contributed by atoms with Gasteiger partial charge in [0.2, 0.25) is 0 Å². The zero-order chi connectivity index (χ0) is 9.42. The summed E-state index contributed by atoms with van der Waals surface area (Å²) < 4.78 is 0. The summed E-state index contributed by atoms with van der Waals surface area (Å²) in [4.78, 5) is 3.89. The Morgan fingerprint density at radius 2 is 1.85 bits per heavy atom. The smallest absolute Gasteiger partial charge is 0.142 e. The molecular formula is C9H5Cl2NO. The molecule has 0 atom stereocenters. The highest BCUT2D eigenvalue weighted by atomic mass is 35.5. The molecule has 0 fully saturated rings. The maximum Gasteiger partial charge on any atom is 0.142 e. The van der Waals surface area contributed by atoms with Crippen molar-refractivity contribution >= 4 is 34.0 Å². The first-order chi connectivity index (χ1) is 6.20. The van der Waals surface area contributed by atoms with Crippen LogP contribution >= 0.6 is 23.2 Å². The SMILES string of the molecule is Oc1c(Cl)ccc2c(Cl)nccc12. The van der Waals surface area contributed by atoms with Gasteiger partial charge in [0, 0.05) is 17.0 Å². The summed E-state index contributed by atoms with van der Waals surface area (Å²) in [5.74, 6) is 0.0449. The fourth-order valence-corrected chi connectivity index (χ4v) is 1.56. The molecule has 4 heteroatoms. The fourth-order valence-electron chi connectivity index (χ4n) is 1.18. The quantitative estimate of drug-likeness (QED) is 0.682. The molecule has 0 bridgehead atoms. The average molecular weight is 214 g/mol. The van der Waals surface area contributed by atoms with E-state index in [2.05, 4.69) is 4.98 Å². The first-order valence-electron chi connectivity index (χ1n) is 3.62. The van der Waals surface area contributed by atoms with Crippen LogP contribution in [0.1, 0.15) is 0 Å². The van der Waals surface area contributed by atoms with Crippen LogP contribution in [-0.2, 0) is 0 Å². The van der Waals surface area contributed by atoms with E-state index in [-0.39, 0.29) is 5.75 Å². The highest BCUT2D eigenvalue weighted by Gasteiger charge is 2.06. The molecule has 0 spiro atoms. The van der Waals surface area contributed by atoms with Crippen molar-refractivity contribution in [2.45, 2.75) is 0 Å². The Morgan fingerprint density at radius 1 is 1.08 bits per heavy atom. The standard InChI is InChI=1S/C9H5Cl2NO/c10-7-2-1-6-5(8(7)13)3-4-12-9(6)11/h1-4,13H. The van der Waals surface area contributed by atoms with Crippen LogP contribution in [-0.4, -0.2) is 10.1 Å². The van der Waals surface area contributed by atoms with Gasteiger partial charge >= 0.3 is 0 Å². The molecule has 0 saturated heterocycles. The largest absolute Gasteiger partial charge is 0.506 e. The maximum atomic E-state index is 9.56. The fraction of sp³-hybridized carbons (Fsp3) is 0. The second-order valence-corrected chi connectivity index (χ2v) is 3.36. The van der Waals surface area contributed by atoms with E-state index in [9.17, 15) is 5.11 Å². The Balaban J connectivity index is 2.94. The number of aromatic hydroxyl groups is 1. The van der Waals surface area contributed by atoms with Gasteiger partial charge in [0.05, 0.1) is 5.02 Å². The molecule has 13 heavy (non-hydrogen) atoms. The summed E-state index contributed by atoms with van der Waals surface area (Å²) in [6, 6.07) is 4.99. The van der Waals surface area contributed by atoms with Gasteiger partial charge in [0.25, 0.3) is 0 Å². The summed E-state index contributed by atoms with van der Waals surface area (Å²) in [5, 5.41) is 11.6. The van der Waals surface area contributed by atoms with Crippen LogP contribution in [0.25, 0.3) is 10.8 Å². The van der Waals surface area contributed by atoms with E-state index in [1.807, 2.05) is 0 Å². The van der Waals surface area contributed by atoms with E-state index in [0.29, 0.717) is 20.9 Å². The summed E-state index contributed by atoms with van der Waals surface area (Å²) >= 11 is 11.5. The van der Waals surface area contributed by atoms with Gasteiger partial charge in [-0.2, -0.15) is 0 Å². The van der Waals surface area contributed by atoms with E-state index in [0.717, 1.165) is 0 Å². The number of rotatable bonds is 0. The molecule has 0 aliphatic carbocycles. The highest BCUT2D eigenvalue weighted by molar-refractivity contribution is 6.36. The normalized spacial score (nSPS) is 10.6. The number of aromatic nitrogens is 1. The summed E-state index contributed by atoms with van der Waals surface area (Å²) in [5.41, 5.74) is 0. The van der Waals surface area contributed by atoms with E-state index < -0.39 is 0 Å². The highest BCUT2D eigenvalue weighted by Crippen LogP contribution is 2.34. The summed E-state index contributed by atoms with van der Waals surface area (Å²) in [6.45, 7) is 0. The Labute approximate surface area is 84.7 Å². The molecule has 0 amide bonds. The molecule has 0 aliphatic heterocycles. The lowest BCUT2D eigenvalue weighted by molar-refractivity contribution is 0.482. The van der Waals surface area contributed by atoms with Crippen LogP contribution in [0.4, 0.5) is 0 Å². The number of phenols is 1. The second-order valence-electron chi connectivity index (χ2n) is 2.59. The topological polar surface area (TPSA) is 33.1 Å². The van der Waals surface area contributed by atoms with Crippen LogP contribution in [0, 0.1) is 0 Å². The van der Waals surface area contributed by atoms with Crippen LogP contribution < -0.4 is 0 Å². The first-order valence-corrected chi connectivity index (χ1v) is 4.37. The number of hydrogen-bond acceptors (Lipinski definition) is 2. The number of hydrogen-bond donors (Lipinski definition) is 1. The lowest BCUT2D eigenvalue weighted by Gasteiger charge is -2.02. The number of pyridine rings is 1. The van der Waals surface area contributed by atoms with Gasteiger partial charge < -0.3 is 5.11 Å². The van der Waals surface area contributed by atoms with Crippen molar-refractivity contribution in [1.29, 1.82) is 0 Å². The zero-order valence-corrected chi connectivity index (χ0v) is 7.97. The average Bonchev–Trinajstić information content (AvgIpc) is 2.12. The van der Waals surface area contributed by atoms with Gasteiger partial charge in [-0.3, -0.25) is 0 Å². The molecule has 1 N–H and O–H groups in total. The predicted octanol–water partition coefficient (Wildman–Crippen LogP) is 3.25. The van der Waals surface area contributed by atoms with Gasteiger partial charge in [0.15, 0.2) is 0 Å². The van der Waals surface area contributed by atoms with Gasteiger partial charge in [-0.05, 0) is 18.2 Å². The Bertz CT molecular complexity index is 470. The molecule has 0 radical (unpaired) electrons. The number of benzene rings is 1. The number of nitrogens with zero attached hydrogens (tertiary/aromatic N) is 1. The minimum atomic E-state index is 0.0449. The van der Waals surface area contributed by atoms with Crippen molar-refractivity contribution in [3.63, 3.8) is 0 Å². The third kappa shape index (κ3) is 1.32.